The second-order valence-corrected chi connectivity index (χ2v) is 2.15. The molecule has 0 bridgehead atoms. The van der Waals surface area contributed by atoms with E-state index in [1.165, 1.54) is 0 Å². The molecule has 0 saturated carbocycles. The maximum absolute atomic E-state index is 2.89. The fraction of sp³-hybridized carbons (Fsp3) is 0. The van der Waals surface area contributed by atoms with Crippen molar-refractivity contribution in [2.24, 2.45) is 0 Å². The van der Waals surface area contributed by atoms with Crippen molar-refractivity contribution in [2.45, 2.75) is 0 Å². The van der Waals surface area contributed by atoms with E-state index in [1.54, 1.807) is 0 Å². The molecule has 1 heteroatoms. The van der Waals surface area contributed by atoms with Crippen LogP contribution in [0.1, 0.15) is 2.85 Å². The zero-order valence-corrected chi connectivity index (χ0v) is 11.2. The molecule has 0 heterocycles. The Kier molecular flexibility index (Phi) is 8.99. The molecule has 0 fully saturated rings. The van der Waals surface area contributed by atoms with E-state index >= 15 is 0 Å². The Morgan fingerprint density at radius 2 is 0.846 bits per heavy atom. The summed E-state index contributed by atoms with van der Waals surface area (Å²) >= 11 is 0. The molecule has 0 aromatic heterocycles. The Balaban J connectivity index is -0.000000160. The predicted molar refractivity (Wildman–Crippen MR) is 60.5 cm³/mol. The molecule has 0 unspecified atom stereocenters. The van der Waals surface area contributed by atoms with Crippen LogP contribution in [0, 0.1) is 12.1 Å². The van der Waals surface area contributed by atoms with Crippen molar-refractivity contribution in [3.63, 3.8) is 0 Å². The number of benzene rings is 2. The van der Waals surface area contributed by atoms with Crippen molar-refractivity contribution >= 4 is 27.3 Å². The van der Waals surface area contributed by atoms with E-state index < -0.39 is 0 Å². The third-order valence-corrected chi connectivity index (χ3v) is 1.21. The van der Waals surface area contributed by atoms with Gasteiger partial charge in [-0.05, 0) is 12.1 Å². The average molecular weight is 365 g/mol. The van der Waals surface area contributed by atoms with Crippen molar-refractivity contribution in [3.05, 3.63) is 72.8 Å². The van der Waals surface area contributed by atoms with Gasteiger partial charge in [-0.2, -0.15) is 0 Å². The topological polar surface area (TPSA) is 0 Å². The predicted octanol–water partition coefficient (Wildman–Crippen LogP) is 3.08. The minimum Gasteiger partial charge on any atom is -0.0622 e. The third-order valence-electron chi connectivity index (χ3n) is 1.21. The molecule has 2 aromatic rings. The van der Waals surface area contributed by atoms with Crippen LogP contribution < -0.4 is 0 Å². The number of rotatable bonds is 0. The van der Waals surface area contributed by atoms with Crippen LogP contribution in [0.15, 0.2) is 60.7 Å². The van der Waals surface area contributed by atoms with Crippen LogP contribution in [0.2, 0.25) is 0 Å². The average Bonchev–Trinajstić information content (AvgIpc) is 2.24. The van der Waals surface area contributed by atoms with Crippen LogP contribution in [0.5, 0.6) is 0 Å². The number of hydrogen-bond acceptors (Lipinski definition) is 0. The van der Waals surface area contributed by atoms with Crippen LogP contribution in [-0.2, 0) is 0 Å². The molecule has 0 N–H and O–H groups in total. The maximum Gasteiger partial charge on any atom is 0 e. The summed E-state index contributed by atoms with van der Waals surface area (Å²) in [5.41, 5.74) is 0. The van der Waals surface area contributed by atoms with Crippen LogP contribution in [0.3, 0.4) is 0 Å². The van der Waals surface area contributed by atoms with Gasteiger partial charge < -0.3 is 0 Å². The van der Waals surface area contributed by atoms with Crippen LogP contribution >= 0.6 is 0 Å². The van der Waals surface area contributed by atoms with E-state index in [2.05, 4.69) is 12.1 Å². The van der Waals surface area contributed by atoms with Crippen LogP contribution in [-0.4, -0.2) is 27.3 Å². The van der Waals surface area contributed by atoms with Gasteiger partial charge in [-0.3, -0.25) is 0 Å². The van der Waals surface area contributed by atoms with Gasteiger partial charge in [0.15, 0.2) is 0 Å². The van der Waals surface area contributed by atoms with E-state index in [-0.39, 0.29) is 30.2 Å². The Morgan fingerprint density at radius 1 is 0.538 bits per heavy atom. The standard InChI is InChI=1S/2C6H5.Pb.2H2/c2*1-2-4-6-5-3-1;;;/h2*1-5H;;2*1H. The van der Waals surface area contributed by atoms with Crippen molar-refractivity contribution in [3.8, 4) is 0 Å². The normalized spacial score (nSPS) is 7.38. The second kappa shape index (κ2) is 9.45. The molecule has 2 aromatic carbocycles. The zero-order valence-electron chi connectivity index (χ0n) is 7.27. The van der Waals surface area contributed by atoms with Gasteiger partial charge in [-0.1, -0.05) is 60.7 Å². The van der Waals surface area contributed by atoms with Crippen LogP contribution in [0.4, 0.5) is 0 Å². The first-order valence-corrected chi connectivity index (χ1v) is 3.82. The quantitative estimate of drug-likeness (QED) is 0.630. The van der Waals surface area contributed by atoms with Crippen LogP contribution in [0.25, 0.3) is 0 Å². The molecular weight excluding hydrogens is 351 g/mol. The molecule has 0 nitrogen and oxygen atoms in total. The minimum atomic E-state index is 0. The summed E-state index contributed by atoms with van der Waals surface area (Å²) in [5.74, 6) is 0. The largest absolute Gasteiger partial charge is 0.0622 e. The van der Waals surface area contributed by atoms with Gasteiger partial charge in [0.05, 0.1) is 0 Å². The Bertz CT molecular complexity index is 189. The summed E-state index contributed by atoms with van der Waals surface area (Å²) in [6.45, 7) is 0. The van der Waals surface area contributed by atoms with Crippen molar-refractivity contribution in [1.82, 2.24) is 0 Å². The molecule has 66 valence electrons. The van der Waals surface area contributed by atoms with E-state index in [9.17, 15) is 0 Å². The molecular formula is C12H14Pb. The molecule has 0 amide bonds. The van der Waals surface area contributed by atoms with Crippen molar-refractivity contribution in [2.75, 3.05) is 0 Å². The van der Waals surface area contributed by atoms with E-state index in [1.807, 2.05) is 60.7 Å². The van der Waals surface area contributed by atoms with E-state index in [0.29, 0.717) is 0 Å². The van der Waals surface area contributed by atoms with Gasteiger partial charge in [-0.25, -0.2) is 0 Å². The van der Waals surface area contributed by atoms with Gasteiger partial charge in [0.1, 0.15) is 0 Å². The van der Waals surface area contributed by atoms with Gasteiger partial charge >= 0.3 is 0 Å². The Labute approximate surface area is 103 Å². The fourth-order valence-corrected chi connectivity index (χ4v) is 0.684. The molecule has 2 rings (SSSR count). The molecule has 0 saturated heterocycles. The summed E-state index contributed by atoms with van der Waals surface area (Å²) in [4.78, 5) is 0. The monoisotopic (exact) mass is 366 g/mol. The van der Waals surface area contributed by atoms with Gasteiger partial charge in [0.25, 0.3) is 0 Å². The fourth-order valence-electron chi connectivity index (χ4n) is 0.684. The molecule has 0 aliphatic carbocycles. The molecule has 13 heavy (non-hydrogen) atoms. The molecule has 6 radical (unpaired) electrons. The SMILES string of the molecule is [HH].[HH].[Pb].[c]1ccccc1.[c]1ccccc1. The Morgan fingerprint density at radius 3 is 0.923 bits per heavy atom. The van der Waals surface area contributed by atoms with E-state index in [0.717, 1.165) is 0 Å². The Hall–Kier alpha value is -0.638. The van der Waals surface area contributed by atoms with Gasteiger partial charge in [0.2, 0.25) is 0 Å². The first-order valence-electron chi connectivity index (χ1n) is 3.82. The summed E-state index contributed by atoms with van der Waals surface area (Å²) in [6.07, 6.45) is 0. The van der Waals surface area contributed by atoms with Gasteiger partial charge in [0, 0.05) is 30.2 Å². The summed E-state index contributed by atoms with van der Waals surface area (Å²) in [7, 11) is 0. The first-order chi connectivity index (χ1) is 6.00. The van der Waals surface area contributed by atoms with Gasteiger partial charge in [-0.15, -0.1) is 0 Å². The minimum absolute atomic E-state index is 0. The third kappa shape index (κ3) is 7.71. The van der Waals surface area contributed by atoms with Crippen molar-refractivity contribution < 1.29 is 2.85 Å². The number of hydrogen-bond donors (Lipinski definition) is 0. The molecule has 0 aliphatic heterocycles. The first kappa shape index (κ1) is 12.4. The van der Waals surface area contributed by atoms with Crippen molar-refractivity contribution in [1.29, 1.82) is 0 Å². The smallest absolute Gasteiger partial charge is 0 e. The maximum atomic E-state index is 2.89. The second-order valence-electron chi connectivity index (χ2n) is 2.15. The molecule has 0 spiro atoms. The summed E-state index contributed by atoms with van der Waals surface area (Å²) < 4.78 is 0. The molecule has 0 atom stereocenters. The summed E-state index contributed by atoms with van der Waals surface area (Å²) in [6, 6.07) is 25.0. The zero-order chi connectivity index (χ0) is 8.49. The molecule has 0 aliphatic rings. The van der Waals surface area contributed by atoms with E-state index in [4.69, 9.17) is 0 Å². The summed E-state index contributed by atoms with van der Waals surface area (Å²) in [5, 5.41) is 0.